The third-order valence-electron chi connectivity index (χ3n) is 2.25. The maximum Gasteiger partial charge on any atom is 0.310 e. The van der Waals surface area contributed by atoms with Crippen LogP contribution < -0.4 is 10.5 Å². The molecule has 15 heavy (non-hydrogen) atoms. The number of carbonyl (C=O) groups is 1. The van der Waals surface area contributed by atoms with Gasteiger partial charge in [-0.3, -0.25) is 4.79 Å². The van der Waals surface area contributed by atoms with E-state index in [0.717, 1.165) is 5.56 Å². The van der Waals surface area contributed by atoms with E-state index in [1.54, 1.807) is 13.2 Å². The molecule has 0 amide bonds. The van der Waals surface area contributed by atoms with Gasteiger partial charge in [0.25, 0.3) is 0 Å². The monoisotopic (exact) mass is 209 g/mol. The molecule has 1 aromatic carbocycles. The van der Waals surface area contributed by atoms with Gasteiger partial charge in [0.1, 0.15) is 5.75 Å². The fourth-order valence-electron chi connectivity index (χ4n) is 1.44. The number of nitrogen functional groups attached to an aromatic ring is 1. The van der Waals surface area contributed by atoms with Crippen LogP contribution in [-0.4, -0.2) is 20.2 Å². The minimum absolute atomic E-state index is 0.132. The SMILES string of the molecule is COC(=O)Cc1c(N)ccc(C)c1OC. The van der Waals surface area contributed by atoms with Crippen LogP contribution in [0.25, 0.3) is 0 Å². The number of benzene rings is 1. The van der Waals surface area contributed by atoms with Crippen LogP contribution in [0.5, 0.6) is 5.75 Å². The van der Waals surface area contributed by atoms with Gasteiger partial charge in [0.15, 0.2) is 0 Å². The highest BCUT2D eigenvalue weighted by molar-refractivity contribution is 5.77. The summed E-state index contributed by atoms with van der Waals surface area (Å²) < 4.78 is 9.81. The van der Waals surface area contributed by atoms with Crippen LogP contribution >= 0.6 is 0 Å². The van der Waals surface area contributed by atoms with Crippen molar-refractivity contribution in [1.82, 2.24) is 0 Å². The second-order valence-corrected chi connectivity index (χ2v) is 3.24. The molecule has 82 valence electrons. The lowest BCUT2D eigenvalue weighted by Crippen LogP contribution is -2.09. The molecular weight excluding hydrogens is 194 g/mol. The summed E-state index contributed by atoms with van der Waals surface area (Å²) in [6.07, 6.45) is 0.132. The summed E-state index contributed by atoms with van der Waals surface area (Å²) in [6, 6.07) is 3.62. The van der Waals surface area contributed by atoms with Crippen LogP contribution in [0.1, 0.15) is 11.1 Å². The molecule has 0 atom stereocenters. The molecule has 1 rings (SSSR count). The van der Waals surface area contributed by atoms with Gasteiger partial charge in [-0.05, 0) is 18.6 Å². The standard InChI is InChI=1S/C11H15NO3/c1-7-4-5-9(12)8(11(7)15-3)6-10(13)14-2/h4-5H,6,12H2,1-3H3. The molecule has 0 heterocycles. The summed E-state index contributed by atoms with van der Waals surface area (Å²) in [4.78, 5) is 11.2. The minimum Gasteiger partial charge on any atom is -0.496 e. The Balaban J connectivity index is 3.13. The number of nitrogens with two attached hydrogens (primary N) is 1. The predicted octanol–water partition coefficient (Wildman–Crippen LogP) is 1.30. The zero-order valence-electron chi connectivity index (χ0n) is 9.16. The van der Waals surface area contributed by atoms with Crippen molar-refractivity contribution in [2.45, 2.75) is 13.3 Å². The molecule has 1 aromatic rings. The summed E-state index contributed by atoms with van der Waals surface area (Å²) in [5, 5.41) is 0. The molecule has 4 nitrogen and oxygen atoms in total. The maximum atomic E-state index is 11.2. The van der Waals surface area contributed by atoms with Crippen LogP contribution in [0.3, 0.4) is 0 Å². The number of esters is 1. The average Bonchev–Trinajstić information content (AvgIpc) is 2.23. The fraction of sp³-hybridized carbons (Fsp3) is 0.364. The smallest absolute Gasteiger partial charge is 0.310 e. The van der Waals surface area contributed by atoms with Crippen molar-refractivity contribution < 1.29 is 14.3 Å². The first-order valence-electron chi connectivity index (χ1n) is 4.59. The van der Waals surface area contributed by atoms with E-state index in [1.807, 2.05) is 13.0 Å². The number of anilines is 1. The topological polar surface area (TPSA) is 61.5 Å². The van der Waals surface area contributed by atoms with E-state index in [-0.39, 0.29) is 12.4 Å². The molecule has 0 saturated carbocycles. The number of rotatable bonds is 3. The highest BCUT2D eigenvalue weighted by atomic mass is 16.5. The van der Waals surface area contributed by atoms with E-state index in [0.29, 0.717) is 17.0 Å². The number of methoxy groups -OCH3 is 2. The lowest BCUT2D eigenvalue weighted by molar-refractivity contribution is -0.139. The first-order valence-corrected chi connectivity index (χ1v) is 4.59. The second kappa shape index (κ2) is 4.68. The fourth-order valence-corrected chi connectivity index (χ4v) is 1.44. The lowest BCUT2D eigenvalue weighted by atomic mass is 10.0. The quantitative estimate of drug-likeness (QED) is 0.602. The Morgan fingerprint density at radius 2 is 2.07 bits per heavy atom. The Morgan fingerprint density at radius 1 is 1.40 bits per heavy atom. The van der Waals surface area contributed by atoms with Gasteiger partial charge < -0.3 is 15.2 Å². The van der Waals surface area contributed by atoms with E-state index in [9.17, 15) is 4.79 Å². The van der Waals surface area contributed by atoms with Crippen molar-refractivity contribution in [1.29, 1.82) is 0 Å². The van der Waals surface area contributed by atoms with Crippen molar-refractivity contribution in [3.8, 4) is 5.75 Å². The Bertz CT molecular complexity index is 374. The molecule has 0 unspecified atom stereocenters. The van der Waals surface area contributed by atoms with Crippen molar-refractivity contribution >= 4 is 11.7 Å². The molecule has 4 heteroatoms. The third-order valence-corrected chi connectivity index (χ3v) is 2.25. The van der Waals surface area contributed by atoms with Crippen LogP contribution in [0, 0.1) is 6.92 Å². The lowest BCUT2D eigenvalue weighted by Gasteiger charge is -2.12. The molecule has 0 aromatic heterocycles. The molecule has 0 aliphatic carbocycles. The first-order chi connectivity index (χ1) is 7.10. The number of hydrogen-bond donors (Lipinski definition) is 1. The highest BCUT2D eigenvalue weighted by Gasteiger charge is 2.14. The van der Waals surface area contributed by atoms with Crippen molar-refractivity contribution in [2.75, 3.05) is 20.0 Å². The van der Waals surface area contributed by atoms with E-state index in [2.05, 4.69) is 4.74 Å². The molecule has 0 saturated heterocycles. The molecule has 0 spiro atoms. The van der Waals surface area contributed by atoms with Crippen LogP contribution in [0.2, 0.25) is 0 Å². The van der Waals surface area contributed by atoms with Crippen molar-refractivity contribution in [3.05, 3.63) is 23.3 Å². The van der Waals surface area contributed by atoms with E-state index in [4.69, 9.17) is 10.5 Å². The summed E-state index contributed by atoms with van der Waals surface area (Å²) in [6.45, 7) is 1.90. The van der Waals surface area contributed by atoms with Gasteiger partial charge >= 0.3 is 5.97 Å². The number of aryl methyl sites for hydroxylation is 1. The van der Waals surface area contributed by atoms with Gasteiger partial charge in [-0.1, -0.05) is 6.07 Å². The summed E-state index contributed by atoms with van der Waals surface area (Å²) in [5.74, 6) is 0.325. The number of hydrogen-bond acceptors (Lipinski definition) is 4. The maximum absolute atomic E-state index is 11.2. The molecule has 0 aliphatic rings. The van der Waals surface area contributed by atoms with Gasteiger partial charge in [0.2, 0.25) is 0 Å². The van der Waals surface area contributed by atoms with Crippen molar-refractivity contribution in [2.24, 2.45) is 0 Å². The van der Waals surface area contributed by atoms with Gasteiger partial charge in [0, 0.05) is 11.3 Å². The Labute approximate surface area is 89.0 Å². The van der Waals surface area contributed by atoms with Gasteiger partial charge in [-0.2, -0.15) is 0 Å². The van der Waals surface area contributed by atoms with Gasteiger partial charge in [-0.25, -0.2) is 0 Å². The van der Waals surface area contributed by atoms with E-state index in [1.165, 1.54) is 7.11 Å². The zero-order valence-corrected chi connectivity index (χ0v) is 9.16. The second-order valence-electron chi connectivity index (χ2n) is 3.24. The zero-order chi connectivity index (χ0) is 11.4. The Morgan fingerprint density at radius 3 is 2.60 bits per heavy atom. The molecule has 0 aliphatic heterocycles. The average molecular weight is 209 g/mol. The molecular formula is C11H15NO3. The minimum atomic E-state index is -0.328. The molecule has 2 N–H and O–H groups in total. The summed E-state index contributed by atoms with van der Waals surface area (Å²) >= 11 is 0. The molecule has 0 fully saturated rings. The Kier molecular flexibility index (Phi) is 3.55. The van der Waals surface area contributed by atoms with E-state index >= 15 is 0 Å². The predicted molar refractivity (Wildman–Crippen MR) is 57.9 cm³/mol. The molecule has 0 radical (unpaired) electrons. The third kappa shape index (κ3) is 2.40. The van der Waals surface area contributed by atoms with Crippen LogP contribution in [0.4, 0.5) is 5.69 Å². The van der Waals surface area contributed by atoms with Crippen molar-refractivity contribution in [3.63, 3.8) is 0 Å². The summed E-state index contributed by atoms with van der Waals surface area (Å²) in [5.41, 5.74) is 7.96. The normalized spacial score (nSPS) is 9.80. The largest absolute Gasteiger partial charge is 0.496 e. The van der Waals surface area contributed by atoms with Gasteiger partial charge in [0.05, 0.1) is 20.6 Å². The van der Waals surface area contributed by atoms with E-state index < -0.39 is 0 Å². The summed E-state index contributed by atoms with van der Waals surface area (Å²) in [7, 11) is 2.91. The number of ether oxygens (including phenoxy) is 2. The van der Waals surface area contributed by atoms with Gasteiger partial charge in [-0.15, -0.1) is 0 Å². The molecule has 0 bridgehead atoms. The Hall–Kier alpha value is -1.71. The number of carbonyl (C=O) groups excluding carboxylic acids is 1. The highest BCUT2D eigenvalue weighted by Crippen LogP contribution is 2.28. The first kappa shape index (κ1) is 11.4. The van der Waals surface area contributed by atoms with Crippen LogP contribution in [0.15, 0.2) is 12.1 Å². The van der Waals surface area contributed by atoms with Crippen LogP contribution in [-0.2, 0) is 16.0 Å².